The van der Waals surface area contributed by atoms with Crippen molar-refractivity contribution in [3.8, 4) is 11.5 Å². The number of alkyl halides is 1. The summed E-state index contributed by atoms with van der Waals surface area (Å²) in [5.74, 6) is 1.82. The molecule has 0 bridgehead atoms. The smallest absolute Gasteiger partial charge is 0.330 e. The zero-order valence-corrected chi connectivity index (χ0v) is 41.6. The van der Waals surface area contributed by atoms with E-state index in [1.807, 2.05) is 48.7 Å². The standard InChI is InChI=1S/C25H25ClN4O4.C14H15BrN2O3.C11H11ClN2O/c1-3-33-25(32)15(2)30-24(31)19-7-5-4-6-18(19)22(28-30)13-29-12-17-10-23(34-14-16-8-9-16)20(26)11-21(17)27-29;1-3-20-14(19)9(2)17-13(18)11-7-5-4-6-10(11)12(8-15)16-17;12-9-4-10-8(5-13-14-10)3-11(9)15-6-7-1-2-7/h4-7,10-12,15-16H,3,8-9,13-14H2,1-2H3;4-7,9H,3,8H2,1-2H3;3-5,7H,1-2,6H2,(H,13,14). The second-order valence-electron chi connectivity index (χ2n) is 16.9. The van der Waals surface area contributed by atoms with Crippen molar-refractivity contribution in [2.45, 2.75) is 77.3 Å². The van der Waals surface area contributed by atoms with Crippen LogP contribution in [0.2, 0.25) is 10.0 Å². The first-order chi connectivity index (χ1) is 33.4. The van der Waals surface area contributed by atoms with Crippen molar-refractivity contribution in [3.63, 3.8) is 0 Å². The molecule has 8 aromatic rings. The van der Waals surface area contributed by atoms with Gasteiger partial charge in [0.15, 0.2) is 12.1 Å². The number of carbonyl (C=O) groups is 2. The van der Waals surface area contributed by atoms with E-state index in [0.717, 1.165) is 51.2 Å². The van der Waals surface area contributed by atoms with Crippen LogP contribution in [-0.4, -0.2) is 77.9 Å². The molecule has 4 aromatic carbocycles. The Balaban J connectivity index is 0.000000154. The Bertz CT molecular complexity index is 3270. The second kappa shape index (κ2) is 22.0. The molecule has 0 radical (unpaired) electrons. The third kappa shape index (κ3) is 11.6. The van der Waals surface area contributed by atoms with Gasteiger partial charge in [-0.05, 0) is 102 Å². The summed E-state index contributed by atoms with van der Waals surface area (Å²) < 4.78 is 25.7. The molecule has 69 heavy (non-hydrogen) atoms. The van der Waals surface area contributed by atoms with Crippen LogP contribution in [0.15, 0.2) is 94.8 Å². The Morgan fingerprint density at radius 1 is 0.710 bits per heavy atom. The van der Waals surface area contributed by atoms with Crippen molar-refractivity contribution in [3.05, 3.63) is 127 Å². The molecule has 2 aliphatic carbocycles. The molecule has 0 aliphatic heterocycles. The number of esters is 2. The highest BCUT2D eigenvalue weighted by atomic mass is 79.9. The van der Waals surface area contributed by atoms with Crippen molar-refractivity contribution in [2.24, 2.45) is 11.8 Å². The number of rotatable bonds is 15. The van der Waals surface area contributed by atoms with Crippen LogP contribution in [0.4, 0.5) is 0 Å². The zero-order valence-electron chi connectivity index (χ0n) is 38.5. The van der Waals surface area contributed by atoms with Crippen LogP contribution in [0.3, 0.4) is 0 Å². The first-order valence-corrected chi connectivity index (χ1v) is 24.7. The minimum Gasteiger partial charge on any atom is -0.492 e. The number of carbonyl (C=O) groups excluding carboxylic acids is 2. The van der Waals surface area contributed by atoms with E-state index < -0.39 is 24.0 Å². The molecule has 4 aromatic heterocycles. The van der Waals surface area contributed by atoms with Crippen LogP contribution >= 0.6 is 39.1 Å². The number of hydrogen-bond donors (Lipinski definition) is 1. The number of aromatic nitrogens is 8. The van der Waals surface area contributed by atoms with Gasteiger partial charge >= 0.3 is 11.9 Å². The van der Waals surface area contributed by atoms with E-state index in [0.29, 0.717) is 62.0 Å². The molecule has 1 N–H and O–H groups in total. The first-order valence-electron chi connectivity index (χ1n) is 22.8. The Labute approximate surface area is 414 Å². The van der Waals surface area contributed by atoms with Crippen molar-refractivity contribution in [2.75, 3.05) is 26.4 Å². The van der Waals surface area contributed by atoms with Crippen LogP contribution in [-0.2, 0) is 30.9 Å². The van der Waals surface area contributed by atoms with Gasteiger partial charge in [-0.1, -0.05) is 75.5 Å². The van der Waals surface area contributed by atoms with Gasteiger partial charge in [0.2, 0.25) is 0 Å². The summed E-state index contributed by atoms with van der Waals surface area (Å²) in [7, 11) is 0. The maximum Gasteiger partial charge on any atom is 0.330 e. The first kappa shape index (κ1) is 49.1. The Morgan fingerprint density at radius 3 is 1.72 bits per heavy atom. The Kier molecular flexibility index (Phi) is 15.7. The maximum atomic E-state index is 13.1. The highest BCUT2D eigenvalue weighted by Gasteiger charge is 2.25. The van der Waals surface area contributed by atoms with E-state index >= 15 is 0 Å². The third-order valence-electron chi connectivity index (χ3n) is 11.7. The predicted octanol–water partition coefficient (Wildman–Crippen LogP) is 9.78. The van der Waals surface area contributed by atoms with Crippen molar-refractivity contribution < 1.29 is 28.5 Å². The molecular weight excluding hydrogens is 991 g/mol. The average Bonchev–Trinajstić information content (AvgIpc) is 4.29. The number of H-pyrrole nitrogens is 1. The molecule has 2 aliphatic rings. The van der Waals surface area contributed by atoms with E-state index in [4.69, 9.17) is 42.1 Å². The van der Waals surface area contributed by atoms with Gasteiger partial charge in [0.05, 0.1) is 82.4 Å². The molecule has 16 nitrogen and oxygen atoms in total. The monoisotopic (exact) mass is 1040 g/mol. The molecule has 0 spiro atoms. The second-order valence-corrected chi connectivity index (χ2v) is 18.3. The van der Waals surface area contributed by atoms with Crippen LogP contribution in [0.5, 0.6) is 11.5 Å². The van der Waals surface area contributed by atoms with Gasteiger partial charge in [0.1, 0.15) is 11.5 Å². The van der Waals surface area contributed by atoms with Gasteiger partial charge in [-0.15, -0.1) is 0 Å². The minimum atomic E-state index is -0.850. The fourth-order valence-electron chi connectivity index (χ4n) is 7.47. The van der Waals surface area contributed by atoms with E-state index in [1.54, 1.807) is 68.9 Å². The summed E-state index contributed by atoms with van der Waals surface area (Å²) in [5, 5.41) is 26.4. The minimum absolute atomic E-state index is 0.229. The van der Waals surface area contributed by atoms with Crippen molar-refractivity contribution >= 4 is 94.4 Å². The van der Waals surface area contributed by atoms with Gasteiger partial charge in [-0.25, -0.2) is 19.0 Å². The molecule has 2 unspecified atom stereocenters. The number of nitrogens with one attached hydrogen (secondary N) is 1. The molecule has 2 atom stereocenters. The summed E-state index contributed by atoms with van der Waals surface area (Å²) >= 11 is 15.9. The zero-order chi connectivity index (χ0) is 48.8. The third-order valence-corrected chi connectivity index (χ3v) is 12.8. The van der Waals surface area contributed by atoms with Crippen LogP contribution in [0.25, 0.3) is 43.4 Å². The molecule has 2 fully saturated rings. The number of benzene rings is 4. The highest BCUT2D eigenvalue weighted by Crippen LogP contribution is 2.35. The Hall–Kier alpha value is -6.30. The molecule has 360 valence electrons. The molecule has 0 amide bonds. The number of fused-ring (bicyclic) bond motifs is 4. The fraction of sp³-hybridized carbons (Fsp3) is 0.360. The van der Waals surface area contributed by atoms with Gasteiger partial charge in [-0.2, -0.15) is 20.4 Å². The topological polar surface area (TPSA) is 187 Å². The number of aromatic amines is 1. The normalized spacial score (nSPS) is 14.1. The predicted molar refractivity (Wildman–Crippen MR) is 269 cm³/mol. The lowest BCUT2D eigenvalue weighted by molar-refractivity contribution is -0.147. The number of hydrogen-bond acceptors (Lipinski definition) is 12. The van der Waals surface area contributed by atoms with Gasteiger partial charge in [-0.3, -0.25) is 19.4 Å². The van der Waals surface area contributed by atoms with Gasteiger partial charge < -0.3 is 18.9 Å². The lowest BCUT2D eigenvalue weighted by atomic mass is 10.1. The molecule has 2 saturated carbocycles. The van der Waals surface area contributed by atoms with Crippen molar-refractivity contribution in [1.82, 2.24) is 39.5 Å². The molecule has 10 rings (SSSR count). The van der Waals surface area contributed by atoms with Gasteiger partial charge in [0, 0.05) is 33.1 Å². The summed E-state index contributed by atoms with van der Waals surface area (Å²) in [5.41, 5.74) is 2.40. The molecular formula is C50H51BrCl2N8O8. The van der Waals surface area contributed by atoms with E-state index in [1.165, 1.54) is 35.0 Å². The van der Waals surface area contributed by atoms with E-state index in [2.05, 4.69) is 41.4 Å². The van der Waals surface area contributed by atoms with E-state index in [9.17, 15) is 19.2 Å². The lowest BCUT2D eigenvalue weighted by Crippen LogP contribution is -2.32. The summed E-state index contributed by atoms with van der Waals surface area (Å²) in [6.07, 6.45) is 8.65. The summed E-state index contributed by atoms with van der Waals surface area (Å²) in [6, 6.07) is 20.4. The van der Waals surface area contributed by atoms with Crippen LogP contribution in [0, 0.1) is 11.8 Å². The quantitative estimate of drug-likeness (QED) is 0.0758. The highest BCUT2D eigenvalue weighted by molar-refractivity contribution is 9.08. The number of ether oxygens (including phenoxy) is 4. The van der Waals surface area contributed by atoms with Crippen molar-refractivity contribution in [1.29, 1.82) is 0 Å². The van der Waals surface area contributed by atoms with E-state index in [-0.39, 0.29) is 24.3 Å². The Morgan fingerprint density at radius 2 is 1.20 bits per heavy atom. The largest absolute Gasteiger partial charge is 0.492 e. The molecule has 0 saturated heterocycles. The lowest BCUT2D eigenvalue weighted by Gasteiger charge is -2.15. The SMILES string of the molecule is CCOC(=O)C(C)n1nc(CBr)c2ccccc2c1=O.CCOC(=O)C(C)n1nc(Cn2cc3cc(OCC4CC4)c(Cl)cc3n2)c2ccccc2c1=O.Clc1cc2[nH]ncc2cc1OCC1CC1. The molecule has 4 heterocycles. The average molecular weight is 1040 g/mol. The van der Waals surface area contributed by atoms with Gasteiger partial charge in [0.25, 0.3) is 11.1 Å². The van der Waals surface area contributed by atoms with Crippen LogP contribution < -0.4 is 20.6 Å². The summed E-state index contributed by atoms with van der Waals surface area (Å²) in [6.45, 7) is 8.94. The summed E-state index contributed by atoms with van der Waals surface area (Å²) in [4.78, 5) is 49.6. The molecule has 19 heteroatoms. The van der Waals surface area contributed by atoms with Crippen LogP contribution in [0.1, 0.15) is 76.8 Å². The number of halogens is 3. The fourth-order valence-corrected chi connectivity index (χ4v) is 8.32. The number of nitrogens with zero attached hydrogens (tertiary/aromatic N) is 7. The maximum absolute atomic E-state index is 13.1.